The van der Waals surface area contributed by atoms with Crippen LogP contribution in [0, 0.1) is 0 Å². The van der Waals surface area contributed by atoms with Gasteiger partial charge in [0.2, 0.25) is 0 Å². The van der Waals surface area contributed by atoms with Gasteiger partial charge in [-0.3, -0.25) is 9.36 Å². The molecule has 194 valence electrons. The molecule has 0 radical (unpaired) electrons. The summed E-state index contributed by atoms with van der Waals surface area (Å²) in [6, 6.07) is 16.3. The van der Waals surface area contributed by atoms with Gasteiger partial charge < -0.3 is 9.84 Å². The number of ether oxygens (including phenoxy) is 1. The standard InChI is InChI=1S/C28H27N5O4S/c1-5-37-26(35)23-17(2)29-27-33(24(23)19-9-7-6-8-10-19)25(34)21(38-27)15-18-11-13-20(14-12-18)32-16-22(30-31-32)28(3,4)36/h6-16,24,36H,5H2,1-4H3/b21-15-. The largest absolute Gasteiger partial charge is 0.463 e. The Morgan fingerprint density at radius 3 is 2.50 bits per heavy atom. The van der Waals surface area contributed by atoms with Crippen LogP contribution in [0.5, 0.6) is 0 Å². The number of thiazole rings is 1. The molecule has 3 heterocycles. The molecule has 9 nitrogen and oxygen atoms in total. The molecule has 38 heavy (non-hydrogen) atoms. The normalized spacial score (nSPS) is 15.8. The van der Waals surface area contributed by atoms with Gasteiger partial charge in [-0.2, -0.15) is 0 Å². The second-order valence-electron chi connectivity index (χ2n) is 9.41. The van der Waals surface area contributed by atoms with Crippen LogP contribution in [0.1, 0.15) is 50.6 Å². The summed E-state index contributed by atoms with van der Waals surface area (Å²) in [5.41, 5.74) is 2.44. The van der Waals surface area contributed by atoms with Crippen molar-refractivity contribution in [3.8, 4) is 5.69 Å². The van der Waals surface area contributed by atoms with Crippen molar-refractivity contribution in [3.05, 3.63) is 109 Å². The molecule has 0 bridgehead atoms. The Hall–Kier alpha value is -4.15. The third-order valence-corrected chi connectivity index (χ3v) is 7.19. The van der Waals surface area contributed by atoms with E-state index in [9.17, 15) is 14.7 Å². The minimum Gasteiger partial charge on any atom is -0.463 e. The van der Waals surface area contributed by atoms with E-state index in [4.69, 9.17) is 4.74 Å². The Balaban J connectivity index is 1.56. The first-order chi connectivity index (χ1) is 18.2. The lowest BCUT2D eigenvalue weighted by Crippen LogP contribution is -2.39. The highest BCUT2D eigenvalue weighted by Crippen LogP contribution is 2.30. The second-order valence-corrected chi connectivity index (χ2v) is 10.4. The van der Waals surface area contributed by atoms with E-state index in [0.717, 1.165) is 16.8 Å². The third kappa shape index (κ3) is 4.75. The van der Waals surface area contributed by atoms with E-state index in [-0.39, 0.29) is 12.2 Å². The number of hydrogen-bond acceptors (Lipinski definition) is 8. The number of hydrogen-bond donors (Lipinski definition) is 1. The van der Waals surface area contributed by atoms with Gasteiger partial charge in [-0.05, 0) is 57.0 Å². The fourth-order valence-corrected chi connectivity index (χ4v) is 5.33. The minimum absolute atomic E-state index is 0.227. The van der Waals surface area contributed by atoms with Crippen LogP contribution in [0.3, 0.4) is 0 Å². The first-order valence-corrected chi connectivity index (χ1v) is 13.0. The predicted molar refractivity (Wildman–Crippen MR) is 143 cm³/mol. The number of fused-ring (bicyclic) bond motifs is 1. The van der Waals surface area contributed by atoms with Crippen molar-refractivity contribution in [1.82, 2.24) is 19.6 Å². The first kappa shape index (κ1) is 25.5. The molecule has 1 N–H and O–H groups in total. The topological polar surface area (TPSA) is 112 Å². The van der Waals surface area contributed by atoms with Gasteiger partial charge in [0.05, 0.1) is 40.3 Å². The molecule has 2 aromatic heterocycles. The highest BCUT2D eigenvalue weighted by Gasteiger charge is 2.33. The SMILES string of the molecule is CCOC(=O)C1=C(C)N=c2s/c(=C\c3ccc(-n4cc(C(C)(C)O)nn4)cc3)c(=O)n2C1c1ccccc1. The summed E-state index contributed by atoms with van der Waals surface area (Å²) in [5, 5.41) is 18.3. The van der Waals surface area contributed by atoms with E-state index < -0.39 is 17.6 Å². The van der Waals surface area contributed by atoms with E-state index in [1.807, 2.05) is 60.7 Å². The van der Waals surface area contributed by atoms with Crippen LogP contribution in [0.4, 0.5) is 0 Å². The number of nitrogens with zero attached hydrogens (tertiary/aromatic N) is 5. The summed E-state index contributed by atoms with van der Waals surface area (Å²) in [7, 11) is 0. The molecular formula is C28H27N5O4S. The van der Waals surface area contributed by atoms with Crippen LogP contribution in [-0.4, -0.2) is 37.2 Å². The van der Waals surface area contributed by atoms with Crippen molar-refractivity contribution in [2.24, 2.45) is 4.99 Å². The van der Waals surface area contributed by atoms with E-state index in [2.05, 4.69) is 15.3 Å². The summed E-state index contributed by atoms with van der Waals surface area (Å²) in [5.74, 6) is -0.478. The summed E-state index contributed by atoms with van der Waals surface area (Å²) in [6.45, 7) is 7.05. The van der Waals surface area contributed by atoms with Gasteiger partial charge in [0.1, 0.15) is 11.3 Å². The molecular weight excluding hydrogens is 502 g/mol. The van der Waals surface area contributed by atoms with Crippen molar-refractivity contribution in [3.63, 3.8) is 0 Å². The molecule has 4 aromatic rings. The van der Waals surface area contributed by atoms with Gasteiger partial charge in [-0.1, -0.05) is 59.0 Å². The van der Waals surface area contributed by atoms with Gasteiger partial charge in [-0.15, -0.1) is 5.10 Å². The maximum atomic E-state index is 13.7. The zero-order valence-electron chi connectivity index (χ0n) is 21.5. The van der Waals surface area contributed by atoms with Crippen LogP contribution >= 0.6 is 11.3 Å². The number of benzene rings is 2. The van der Waals surface area contributed by atoms with Gasteiger partial charge in [0.25, 0.3) is 5.56 Å². The van der Waals surface area contributed by atoms with Crippen molar-refractivity contribution >= 4 is 23.4 Å². The third-order valence-electron chi connectivity index (χ3n) is 6.21. The fourth-order valence-electron chi connectivity index (χ4n) is 4.29. The first-order valence-electron chi connectivity index (χ1n) is 12.2. The van der Waals surface area contributed by atoms with Crippen molar-refractivity contribution in [2.45, 2.75) is 39.3 Å². The molecule has 1 aliphatic rings. The summed E-state index contributed by atoms with van der Waals surface area (Å²) in [6.07, 6.45) is 3.49. The van der Waals surface area contributed by atoms with Crippen LogP contribution < -0.4 is 14.9 Å². The van der Waals surface area contributed by atoms with Crippen molar-refractivity contribution in [2.75, 3.05) is 6.61 Å². The zero-order chi connectivity index (χ0) is 27.0. The average molecular weight is 530 g/mol. The van der Waals surface area contributed by atoms with Gasteiger partial charge >= 0.3 is 5.97 Å². The summed E-state index contributed by atoms with van der Waals surface area (Å²) >= 11 is 1.28. The number of esters is 1. The molecule has 0 aliphatic carbocycles. The second kappa shape index (κ2) is 9.96. The summed E-state index contributed by atoms with van der Waals surface area (Å²) in [4.78, 5) is 31.7. The van der Waals surface area contributed by atoms with E-state index in [1.165, 1.54) is 11.3 Å². The lowest BCUT2D eigenvalue weighted by atomic mass is 9.96. The van der Waals surface area contributed by atoms with Crippen molar-refractivity contribution in [1.29, 1.82) is 0 Å². The van der Waals surface area contributed by atoms with Crippen LogP contribution in [0.15, 0.2) is 81.9 Å². The lowest BCUT2D eigenvalue weighted by molar-refractivity contribution is -0.139. The number of allylic oxidation sites excluding steroid dienone is 1. The molecule has 0 saturated carbocycles. The molecule has 5 rings (SSSR count). The maximum Gasteiger partial charge on any atom is 0.338 e. The number of carbonyl (C=O) groups is 1. The Morgan fingerprint density at radius 1 is 1.16 bits per heavy atom. The molecule has 2 aromatic carbocycles. The smallest absolute Gasteiger partial charge is 0.338 e. The summed E-state index contributed by atoms with van der Waals surface area (Å²) < 4.78 is 8.99. The number of aliphatic hydroxyl groups is 1. The minimum atomic E-state index is -1.09. The molecule has 1 atom stereocenters. The van der Waals surface area contributed by atoms with Crippen molar-refractivity contribution < 1.29 is 14.6 Å². The fraction of sp³-hybridized carbons (Fsp3) is 0.250. The average Bonchev–Trinajstić information content (AvgIpc) is 3.50. The predicted octanol–water partition coefficient (Wildman–Crippen LogP) is 2.61. The Labute approximate surface area is 222 Å². The van der Waals surface area contributed by atoms with E-state index >= 15 is 0 Å². The van der Waals surface area contributed by atoms with Gasteiger partial charge in [-0.25, -0.2) is 14.5 Å². The number of rotatable bonds is 6. The van der Waals surface area contributed by atoms with E-state index in [0.29, 0.717) is 26.3 Å². The highest BCUT2D eigenvalue weighted by atomic mass is 32.1. The highest BCUT2D eigenvalue weighted by molar-refractivity contribution is 7.07. The van der Waals surface area contributed by atoms with Gasteiger partial charge in [0.15, 0.2) is 4.80 Å². The molecule has 0 fully saturated rings. The molecule has 0 amide bonds. The maximum absolute atomic E-state index is 13.7. The van der Waals surface area contributed by atoms with Crippen LogP contribution in [-0.2, 0) is 15.1 Å². The molecule has 0 saturated heterocycles. The molecule has 0 spiro atoms. The lowest BCUT2D eigenvalue weighted by Gasteiger charge is -2.24. The molecule has 1 aliphatic heterocycles. The van der Waals surface area contributed by atoms with Crippen LogP contribution in [0.25, 0.3) is 11.8 Å². The van der Waals surface area contributed by atoms with Crippen LogP contribution in [0.2, 0.25) is 0 Å². The quantitative estimate of drug-likeness (QED) is 0.385. The van der Waals surface area contributed by atoms with E-state index in [1.54, 1.807) is 43.1 Å². The zero-order valence-corrected chi connectivity index (χ0v) is 22.3. The monoisotopic (exact) mass is 529 g/mol. The Morgan fingerprint density at radius 2 is 1.87 bits per heavy atom. The van der Waals surface area contributed by atoms with Gasteiger partial charge in [0, 0.05) is 0 Å². The molecule has 1 unspecified atom stereocenters. The Kier molecular flexibility index (Phi) is 6.68. The number of aromatic nitrogens is 4. The Bertz CT molecular complexity index is 1710. The number of carbonyl (C=O) groups excluding carboxylic acids is 1. The molecule has 10 heteroatoms.